The van der Waals surface area contributed by atoms with Crippen molar-refractivity contribution in [1.29, 1.82) is 0 Å². The van der Waals surface area contributed by atoms with Gasteiger partial charge in [-0.25, -0.2) is 19.3 Å². The smallest absolute Gasteiger partial charge is 0.260 e. The zero-order valence-corrected chi connectivity index (χ0v) is 23.3. The number of ether oxygens (including phenoxy) is 1. The number of aromatic nitrogens is 4. The van der Waals surface area contributed by atoms with Crippen molar-refractivity contribution in [3.63, 3.8) is 0 Å². The average Bonchev–Trinajstić information content (AvgIpc) is 3.47. The summed E-state index contributed by atoms with van der Waals surface area (Å²) in [7, 11) is -2.35. The van der Waals surface area contributed by atoms with Gasteiger partial charge in [-0.05, 0) is 37.2 Å². The van der Waals surface area contributed by atoms with Crippen molar-refractivity contribution in [3.8, 4) is 11.8 Å². The van der Waals surface area contributed by atoms with E-state index in [1.807, 2.05) is 13.1 Å². The van der Waals surface area contributed by atoms with Crippen LogP contribution in [-0.2, 0) is 9.16 Å². The van der Waals surface area contributed by atoms with Crippen molar-refractivity contribution in [2.45, 2.75) is 70.4 Å². The van der Waals surface area contributed by atoms with Gasteiger partial charge in [0.2, 0.25) is 0 Å². The van der Waals surface area contributed by atoms with Crippen molar-refractivity contribution in [2.24, 2.45) is 0 Å². The van der Waals surface area contributed by atoms with Crippen LogP contribution in [0.1, 0.15) is 45.6 Å². The lowest BCUT2D eigenvalue weighted by Crippen LogP contribution is -2.47. The van der Waals surface area contributed by atoms with Crippen LogP contribution >= 0.6 is 0 Å². The Labute approximate surface area is 224 Å². The molecule has 1 N–H and O–H groups in total. The van der Waals surface area contributed by atoms with Crippen LogP contribution in [0.2, 0.25) is 18.1 Å². The van der Waals surface area contributed by atoms with Crippen LogP contribution < -0.4 is 4.90 Å². The molecule has 38 heavy (non-hydrogen) atoms. The topological polar surface area (TPSA) is 103 Å². The third kappa shape index (κ3) is 5.35. The third-order valence-corrected chi connectivity index (χ3v) is 11.6. The van der Waals surface area contributed by atoms with Gasteiger partial charge in [0.05, 0.1) is 19.0 Å². The number of nitrogens with zero attached hydrogens (tertiary/aromatic N) is 5. The lowest BCUT2D eigenvalue weighted by Gasteiger charge is -2.39. The molecule has 1 aromatic carbocycles. The summed E-state index contributed by atoms with van der Waals surface area (Å²) >= 11 is 0. The second kappa shape index (κ2) is 10.9. The van der Waals surface area contributed by atoms with Crippen LogP contribution in [-0.4, -0.2) is 70.4 Å². The van der Waals surface area contributed by atoms with Crippen LogP contribution in [0.4, 0.5) is 10.2 Å². The minimum Gasteiger partial charge on any atom is -0.408 e. The van der Waals surface area contributed by atoms with Gasteiger partial charge >= 0.3 is 0 Å². The van der Waals surface area contributed by atoms with E-state index in [0.717, 1.165) is 0 Å². The molecule has 2 aromatic heterocycles. The molecule has 1 aliphatic heterocycles. The first-order valence-electron chi connectivity index (χ1n) is 13.1. The number of aliphatic hydroxyl groups excluding tert-OH is 1. The molecule has 1 saturated heterocycles. The SMILES string of the molecule is [2H]C[C@H]1O[C@@H](n2cnc3c(N(CC#CCO)C(=O)c4ccccc4)ncnc32)[C@H](F)[C@@H]1O[Si](C)(C)C(C)(C)C. The molecule has 0 aliphatic carbocycles. The van der Waals surface area contributed by atoms with E-state index < -0.39 is 32.9 Å². The zero-order valence-electron chi connectivity index (χ0n) is 23.3. The number of aliphatic hydroxyl groups is 1. The predicted molar refractivity (Wildman–Crippen MR) is 145 cm³/mol. The van der Waals surface area contributed by atoms with Crippen LogP contribution in [0.15, 0.2) is 43.0 Å². The van der Waals surface area contributed by atoms with Gasteiger partial charge in [-0.3, -0.25) is 14.3 Å². The number of anilines is 1. The molecule has 1 fully saturated rings. The van der Waals surface area contributed by atoms with Crippen LogP contribution in [0.25, 0.3) is 11.2 Å². The molecular formula is C27H34FN5O4Si. The molecule has 0 saturated carbocycles. The van der Waals surface area contributed by atoms with Crippen molar-refractivity contribution < 1.29 is 24.8 Å². The Morgan fingerprint density at radius 2 is 2.00 bits per heavy atom. The summed E-state index contributed by atoms with van der Waals surface area (Å²) in [6.07, 6.45) is -1.67. The standard InChI is InChI=1S/C27H34FN5O4Si/c1-18-22(37-38(5,6)27(2,3)4)20(28)26(36-18)33-17-31-21-23(29-16-30-24(21)33)32(14-10-11-15-34)25(35)19-12-8-7-9-13-19/h7-9,12-13,16-18,20,22,26,34H,14-15H2,1-6H3/t18-,20-,22-,26-/m1/s1/i1D. The second-order valence-electron chi connectivity index (χ2n) is 10.6. The van der Waals surface area contributed by atoms with E-state index in [2.05, 4.69) is 47.6 Å². The van der Waals surface area contributed by atoms with Crippen molar-refractivity contribution >= 4 is 31.2 Å². The lowest BCUT2D eigenvalue weighted by molar-refractivity contribution is -0.0131. The van der Waals surface area contributed by atoms with Gasteiger partial charge in [0, 0.05) is 6.93 Å². The maximum absolute atomic E-state index is 16.0. The Morgan fingerprint density at radius 1 is 1.26 bits per heavy atom. The summed E-state index contributed by atoms with van der Waals surface area (Å²) in [5.74, 6) is 5.14. The van der Waals surface area contributed by atoms with Gasteiger partial charge in [0.25, 0.3) is 5.91 Å². The minimum absolute atomic E-state index is 0.0533. The number of amides is 1. The number of halogens is 1. The molecule has 1 amide bonds. The molecule has 4 rings (SSSR count). The number of rotatable bonds is 6. The lowest BCUT2D eigenvalue weighted by atomic mass is 10.2. The fourth-order valence-corrected chi connectivity index (χ4v) is 5.29. The monoisotopic (exact) mass is 540 g/mol. The van der Waals surface area contributed by atoms with Crippen LogP contribution in [0.5, 0.6) is 0 Å². The first-order valence-corrected chi connectivity index (χ1v) is 15.3. The maximum Gasteiger partial charge on any atom is 0.260 e. The largest absolute Gasteiger partial charge is 0.408 e. The first kappa shape index (κ1) is 26.4. The number of imidazole rings is 1. The summed E-state index contributed by atoms with van der Waals surface area (Å²) in [5.41, 5.74) is 0.950. The highest BCUT2D eigenvalue weighted by Gasteiger charge is 2.50. The van der Waals surface area contributed by atoms with E-state index in [0.29, 0.717) is 5.56 Å². The predicted octanol–water partition coefficient (Wildman–Crippen LogP) is 4.11. The molecule has 3 aromatic rings. The molecule has 0 spiro atoms. The van der Waals surface area contributed by atoms with E-state index in [-0.39, 0.29) is 48.0 Å². The van der Waals surface area contributed by atoms with Gasteiger partial charge < -0.3 is 14.3 Å². The van der Waals surface area contributed by atoms with E-state index in [9.17, 15) is 4.79 Å². The highest BCUT2D eigenvalue weighted by Crippen LogP contribution is 2.42. The molecule has 1 aliphatic rings. The molecule has 0 unspecified atom stereocenters. The van der Waals surface area contributed by atoms with Gasteiger partial charge in [-0.15, -0.1) is 0 Å². The minimum atomic E-state index is -2.35. The second-order valence-corrected chi connectivity index (χ2v) is 15.4. The fourth-order valence-electron chi connectivity index (χ4n) is 3.97. The average molecular weight is 541 g/mol. The zero-order chi connectivity index (χ0) is 28.4. The number of hydrogen-bond donors (Lipinski definition) is 1. The summed E-state index contributed by atoms with van der Waals surface area (Å²) < 4.78 is 37.8. The number of hydrogen-bond acceptors (Lipinski definition) is 7. The third-order valence-electron chi connectivity index (χ3n) is 7.08. The van der Waals surface area contributed by atoms with Gasteiger partial charge in [-0.1, -0.05) is 50.8 Å². The summed E-state index contributed by atoms with van der Waals surface area (Å²) in [4.78, 5) is 27.8. The van der Waals surface area contributed by atoms with Crippen molar-refractivity contribution in [2.75, 3.05) is 18.1 Å². The number of benzene rings is 1. The van der Waals surface area contributed by atoms with E-state index in [1.165, 1.54) is 22.1 Å². The number of carbonyl (C=O) groups excluding carboxylic acids is 1. The highest BCUT2D eigenvalue weighted by molar-refractivity contribution is 6.74. The van der Waals surface area contributed by atoms with Crippen LogP contribution in [0, 0.1) is 11.8 Å². The normalized spacial score (nSPS) is 22.1. The Bertz CT molecular complexity index is 1370. The summed E-state index contributed by atoms with van der Waals surface area (Å²) in [6, 6.07) is 8.65. The molecule has 202 valence electrons. The Balaban J connectivity index is 1.71. The summed E-state index contributed by atoms with van der Waals surface area (Å²) in [5, 5.41) is 8.97. The quantitative estimate of drug-likeness (QED) is 0.371. The number of alkyl halides is 1. The summed E-state index contributed by atoms with van der Waals surface area (Å²) in [6.45, 7) is 9.73. The highest BCUT2D eigenvalue weighted by atomic mass is 28.4. The molecule has 0 radical (unpaired) electrons. The van der Waals surface area contributed by atoms with Gasteiger partial charge in [0.1, 0.15) is 19.0 Å². The Hall–Kier alpha value is -3.17. The van der Waals surface area contributed by atoms with E-state index in [4.69, 9.17) is 15.6 Å². The molecule has 9 nitrogen and oxygen atoms in total. The molecular weight excluding hydrogens is 505 g/mol. The molecule has 11 heteroatoms. The van der Waals surface area contributed by atoms with Crippen molar-refractivity contribution in [1.82, 2.24) is 19.5 Å². The first-order chi connectivity index (χ1) is 18.5. The van der Waals surface area contributed by atoms with E-state index in [1.54, 1.807) is 30.3 Å². The van der Waals surface area contributed by atoms with E-state index >= 15 is 4.39 Å². The maximum atomic E-state index is 16.0. The molecule has 4 atom stereocenters. The van der Waals surface area contributed by atoms with Gasteiger partial charge in [-0.2, -0.15) is 0 Å². The van der Waals surface area contributed by atoms with Crippen molar-refractivity contribution in [3.05, 3.63) is 48.5 Å². The molecule has 0 bridgehead atoms. The van der Waals surface area contributed by atoms with Gasteiger partial charge in [0.15, 0.2) is 37.7 Å². The van der Waals surface area contributed by atoms with Crippen LogP contribution in [0.3, 0.4) is 0 Å². The molecule has 3 heterocycles. The number of carbonyl (C=O) groups is 1. The number of fused-ring (bicyclic) bond motifs is 1. The Kier molecular flexibility index (Phi) is 7.58. The fraction of sp³-hybridized carbons (Fsp3) is 0.481. The Morgan fingerprint density at radius 3 is 2.66 bits per heavy atom.